The van der Waals surface area contributed by atoms with E-state index in [2.05, 4.69) is 28.0 Å². The molecule has 1 aromatic carbocycles. The number of hydrogen-bond donors (Lipinski definition) is 0. The van der Waals surface area contributed by atoms with Gasteiger partial charge in [0.25, 0.3) is 0 Å². The van der Waals surface area contributed by atoms with Gasteiger partial charge in [-0.15, -0.1) is 0 Å². The topological polar surface area (TPSA) is 19.6 Å². The fourth-order valence-corrected chi connectivity index (χ4v) is 2.87. The van der Waals surface area contributed by atoms with Gasteiger partial charge in [0.05, 0.1) is 6.54 Å². The Bertz CT molecular complexity index is 571. The highest BCUT2D eigenvalue weighted by atomic mass is 35.5. The molecule has 112 valence electrons. The summed E-state index contributed by atoms with van der Waals surface area (Å²) in [6, 6.07) is 12.3. The van der Waals surface area contributed by atoms with E-state index >= 15 is 0 Å². The number of rotatable bonds is 4. The highest BCUT2D eigenvalue weighted by molar-refractivity contribution is 6.30. The molecule has 1 aromatic heterocycles. The summed E-state index contributed by atoms with van der Waals surface area (Å²) in [6.07, 6.45) is 0. The van der Waals surface area contributed by atoms with Crippen molar-refractivity contribution < 1.29 is 4.42 Å². The van der Waals surface area contributed by atoms with Gasteiger partial charge in [-0.25, -0.2) is 0 Å². The predicted octanol–water partition coefficient (Wildman–Crippen LogP) is 3.56. The Labute approximate surface area is 131 Å². The molecule has 0 aliphatic carbocycles. The summed E-state index contributed by atoms with van der Waals surface area (Å²) in [5, 5.41) is 0.803. The largest absolute Gasteiger partial charge is 0.465 e. The van der Waals surface area contributed by atoms with Gasteiger partial charge in [-0.2, -0.15) is 0 Å². The van der Waals surface area contributed by atoms with E-state index in [0.29, 0.717) is 0 Å². The third-order valence-electron chi connectivity index (χ3n) is 3.96. The second kappa shape index (κ2) is 6.65. The number of nitrogens with zero attached hydrogens (tertiary/aromatic N) is 2. The molecule has 1 saturated heterocycles. The molecule has 1 aliphatic rings. The van der Waals surface area contributed by atoms with Gasteiger partial charge in [0.2, 0.25) is 0 Å². The summed E-state index contributed by atoms with van der Waals surface area (Å²) in [7, 11) is 0. The average molecular weight is 305 g/mol. The summed E-state index contributed by atoms with van der Waals surface area (Å²) in [4.78, 5) is 4.95. The molecule has 0 saturated carbocycles. The molecule has 0 amide bonds. The first-order valence-electron chi connectivity index (χ1n) is 7.43. The zero-order valence-electron chi connectivity index (χ0n) is 12.4. The second-order valence-corrected chi connectivity index (χ2v) is 6.13. The Kier molecular flexibility index (Phi) is 4.63. The van der Waals surface area contributed by atoms with Crippen molar-refractivity contribution in [1.82, 2.24) is 9.80 Å². The van der Waals surface area contributed by atoms with Gasteiger partial charge in [-0.05, 0) is 36.8 Å². The van der Waals surface area contributed by atoms with Crippen LogP contribution < -0.4 is 0 Å². The number of benzene rings is 1. The van der Waals surface area contributed by atoms with Gasteiger partial charge in [-0.1, -0.05) is 23.7 Å². The van der Waals surface area contributed by atoms with Crippen molar-refractivity contribution in [2.24, 2.45) is 0 Å². The monoisotopic (exact) mass is 304 g/mol. The summed E-state index contributed by atoms with van der Waals surface area (Å²) in [6.45, 7) is 8.30. The molecule has 0 atom stereocenters. The fraction of sp³-hybridized carbons (Fsp3) is 0.412. The van der Waals surface area contributed by atoms with Crippen LogP contribution in [0.25, 0.3) is 0 Å². The average Bonchev–Trinajstić information content (AvgIpc) is 2.89. The lowest BCUT2D eigenvalue weighted by Crippen LogP contribution is -2.45. The lowest BCUT2D eigenvalue weighted by Gasteiger charge is -2.34. The van der Waals surface area contributed by atoms with Crippen LogP contribution >= 0.6 is 11.6 Å². The van der Waals surface area contributed by atoms with Gasteiger partial charge in [0, 0.05) is 37.7 Å². The number of aryl methyl sites for hydroxylation is 1. The summed E-state index contributed by atoms with van der Waals surface area (Å²) >= 11 is 5.92. The molecular formula is C17H21ClN2O. The molecule has 2 heterocycles. The van der Waals surface area contributed by atoms with Gasteiger partial charge >= 0.3 is 0 Å². The van der Waals surface area contributed by atoms with Gasteiger partial charge in [-0.3, -0.25) is 9.80 Å². The minimum Gasteiger partial charge on any atom is -0.465 e. The maximum Gasteiger partial charge on any atom is 0.118 e. The quantitative estimate of drug-likeness (QED) is 0.861. The Morgan fingerprint density at radius 1 is 0.905 bits per heavy atom. The van der Waals surface area contributed by atoms with Crippen LogP contribution in [0.1, 0.15) is 17.1 Å². The molecular weight excluding hydrogens is 284 g/mol. The van der Waals surface area contributed by atoms with E-state index in [1.165, 1.54) is 5.56 Å². The van der Waals surface area contributed by atoms with E-state index in [1.54, 1.807) is 0 Å². The van der Waals surface area contributed by atoms with Crippen molar-refractivity contribution in [2.75, 3.05) is 26.2 Å². The van der Waals surface area contributed by atoms with E-state index in [9.17, 15) is 0 Å². The third-order valence-corrected chi connectivity index (χ3v) is 4.21. The van der Waals surface area contributed by atoms with Crippen molar-refractivity contribution in [3.63, 3.8) is 0 Å². The van der Waals surface area contributed by atoms with Crippen LogP contribution in [0, 0.1) is 6.92 Å². The zero-order chi connectivity index (χ0) is 14.7. The lowest BCUT2D eigenvalue weighted by molar-refractivity contribution is 0.116. The third kappa shape index (κ3) is 4.10. The van der Waals surface area contributed by atoms with Gasteiger partial charge < -0.3 is 4.42 Å². The molecule has 0 N–H and O–H groups in total. The minimum absolute atomic E-state index is 0.803. The molecule has 0 unspecified atom stereocenters. The van der Waals surface area contributed by atoms with Gasteiger partial charge in [0.1, 0.15) is 11.5 Å². The van der Waals surface area contributed by atoms with Gasteiger partial charge in [0.15, 0.2) is 0 Å². The van der Waals surface area contributed by atoms with Crippen LogP contribution in [0.5, 0.6) is 0 Å². The molecule has 3 rings (SSSR count). The first kappa shape index (κ1) is 14.6. The highest BCUT2D eigenvalue weighted by Gasteiger charge is 2.17. The van der Waals surface area contributed by atoms with Crippen molar-refractivity contribution >= 4 is 11.6 Å². The summed E-state index contributed by atoms with van der Waals surface area (Å²) in [5.41, 5.74) is 1.33. The number of furan rings is 1. The Morgan fingerprint density at radius 3 is 2.10 bits per heavy atom. The predicted molar refractivity (Wildman–Crippen MR) is 85.5 cm³/mol. The van der Waals surface area contributed by atoms with Crippen LogP contribution in [-0.2, 0) is 13.1 Å². The molecule has 0 radical (unpaired) electrons. The van der Waals surface area contributed by atoms with E-state index in [0.717, 1.165) is 55.8 Å². The Balaban J connectivity index is 1.47. The first-order valence-corrected chi connectivity index (χ1v) is 7.81. The molecule has 4 heteroatoms. The lowest BCUT2D eigenvalue weighted by atomic mass is 10.2. The molecule has 1 fully saturated rings. The first-order chi connectivity index (χ1) is 10.2. The molecule has 0 spiro atoms. The standard InChI is InChI=1S/C17H21ClN2O/c1-14-2-7-17(21-14)13-20-10-8-19(9-11-20)12-15-3-5-16(18)6-4-15/h2-7H,8-13H2,1H3. The Morgan fingerprint density at radius 2 is 1.52 bits per heavy atom. The minimum atomic E-state index is 0.803. The fourth-order valence-electron chi connectivity index (χ4n) is 2.74. The SMILES string of the molecule is Cc1ccc(CN2CCN(Cc3ccc(Cl)cc3)CC2)o1. The van der Waals surface area contributed by atoms with E-state index in [4.69, 9.17) is 16.0 Å². The van der Waals surface area contributed by atoms with E-state index in [1.807, 2.05) is 25.1 Å². The van der Waals surface area contributed by atoms with Crippen LogP contribution in [0.4, 0.5) is 0 Å². The highest BCUT2D eigenvalue weighted by Crippen LogP contribution is 2.15. The van der Waals surface area contributed by atoms with Crippen LogP contribution in [-0.4, -0.2) is 36.0 Å². The second-order valence-electron chi connectivity index (χ2n) is 5.69. The van der Waals surface area contributed by atoms with Crippen molar-refractivity contribution in [3.8, 4) is 0 Å². The van der Waals surface area contributed by atoms with Crippen molar-refractivity contribution in [1.29, 1.82) is 0 Å². The smallest absolute Gasteiger partial charge is 0.118 e. The Hall–Kier alpha value is -1.29. The van der Waals surface area contributed by atoms with Crippen LogP contribution in [0.3, 0.4) is 0 Å². The van der Waals surface area contributed by atoms with E-state index in [-0.39, 0.29) is 0 Å². The summed E-state index contributed by atoms with van der Waals surface area (Å²) < 4.78 is 5.65. The molecule has 0 bridgehead atoms. The van der Waals surface area contributed by atoms with Crippen LogP contribution in [0.15, 0.2) is 40.8 Å². The molecule has 2 aromatic rings. The van der Waals surface area contributed by atoms with E-state index < -0.39 is 0 Å². The number of hydrogen-bond acceptors (Lipinski definition) is 3. The zero-order valence-corrected chi connectivity index (χ0v) is 13.1. The molecule has 21 heavy (non-hydrogen) atoms. The number of halogens is 1. The van der Waals surface area contributed by atoms with Crippen molar-refractivity contribution in [3.05, 3.63) is 58.5 Å². The maximum absolute atomic E-state index is 5.92. The maximum atomic E-state index is 5.92. The van der Waals surface area contributed by atoms with Crippen molar-refractivity contribution in [2.45, 2.75) is 20.0 Å². The van der Waals surface area contributed by atoms with Crippen LogP contribution in [0.2, 0.25) is 5.02 Å². The number of piperazine rings is 1. The normalized spacial score (nSPS) is 17.2. The molecule has 3 nitrogen and oxygen atoms in total. The summed E-state index contributed by atoms with van der Waals surface area (Å²) in [5.74, 6) is 2.06. The molecule has 1 aliphatic heterocycles.